The number of hydrogen-bond acceptors (Lipinski definition) is 12. The van der Waals surface area contributed by atoms with Gasteiger partial charge in [0, 0.05) is 43.7 Å². The highest BCUT2D eigenvalue weighted by molar-refractivity contribution is 6.03. The molecular formula is C46H56FN3O11. The number of methoxy groups -OCH3 is 3. The van der Waals surface area contributed by atoms with Crippen molar-refractivity contribution in [3.05, 3.63) is 102 Å². The molecule has 61 heavy (non-hydrogen) atoms. The van der Waals surface area contributed by atoms with Crippen molar-refractivity contribution in [1.29, 1.82) is 0 Å². The van der Waals surface area contributed by atoms with E-state index in [-0.39, 0.29) is 56.3 Å². The van der Waals surface area contributed by atoms with Crippen molar-refractivity contribution in [3.63, 3.8) is 0 Å². The Balaban J connectivity index is 1.52. The molecule has 328 valence electrons. The van der Waals surface area contributed by atoms with Gasteiger partial charge in [-0.2, -0.15) is 0 Å². The van der Waals surface area contributed by atoms with Gasteiger partial charge < -0.3 is 43.5 Å². The number of aliphatic hydroxyl groups excluding tert-OH is 2. The number of nitrogens with zero attached hydrogens (tertiary/aromatic N) is 2. The van der Waals surface area contributed by atoms with E-state index in [1.807, 2.05) is 6.07 Å². The monoisotopic (exact) mass is 845 g/mol. The van der Waals surface area contributed by atoms with Gasteiger partial charge >= 0.3 is 12.2 Å². The third kappa shape index (κ3) is 9.79. The van der Waals surface area contributed by atoms with Crippen LogP contribution >= 0.6 is 0 Å². The van der Waals surface area contributed by atoms with Crippen molar-refractivity contribution in [2.24, 2.45) is 22.9 Å². The molecule has 3 aromatic carbocycles. The first kappa shape index (κ1) is 44.9. The van der Waals surface area contributed by atoms with E-state index in [2.05, 4.69) is 23.1 Å². The molecule has 6 unspecified atom stereocenters. The summed E-state index contributed by atoms with van der Waals surface area (Å²) in [4.78, 5) is 34.5. The Kier molecular flexibility index (Phi) is 15.3. The van der Waals surface area contributed by atoms with Gasteiger partial charge in [-0.15, -0.1) is 6.58 Å². The number of nitrogens with one attached hydrogen (secondary N) is 1. The Hall–Kier alpha value is -5.64. The highest BCUT2D eigenvalue weighted by Crippen LogP contribution is 2.62. The molecule has 2 amide bonds. The number of rotatable bonds is 19. The summed E-state index contributed by atoms with van der Waals surface area (Å²) in [6.45, 7) is 4.11. The van der Waals surface area contributed by atoms with E-state index in [4.69, 9.17) is 33.3 Å². The van der Waals surface area contributed by atoms with Gasteiger partial charge in [-0.1, -0.05) is 42.3 Å². The van der Waals surface area contributed by atoms with Gasteiger partial charge in [0.25, 0.3) is 0 Å². The highest BCUT2D eigenvalue weighted by Gasteiger charge is 2.65. The van der Waals surface area contributed by atoms with E-state index < -0.39 is 35.8 Å². The lowest BCUT2D eigenvalue weighted by molar-refractivity contribution is -0.256. The highest BCUT2D eigenvalue weighted by atomic mass is 19.1. The minimum atomic E-state index is -1.56. The number of fused-ring (bicyclic) bond motifs is 2. The number of benzene rings is 3. The summed E-state index contributed by atoms with van der Waals surface area (Å²) in [6.07, 6.45) is 6.68. The third-order valence-electron chi connectivity index (χ3n) is 11.8. The molecule has 6 rings (SSSR count). The van der Waals surface area contributed by atoms with E-state index in [0.29, 0.717) is 59.9 Å². The summed E-state index contributed by atoms with van der Waals surface area (Å²) in [7, 11) is 5.79. The Bertz CT molecular complexity index is 2060. The van der Waals surface area contributed by atoms with Crippen molar-refractivity contribution in [3.8, 4) is 23.0 Å². The number of amides is 2. The fraction of sp³-hybridized carbons (Fsp3) is 0.457. The lowest BCUT2D eigenvalue weighted by Crippen LogP contribution is -2.70. The zero-order valence-corrected chi connectivity index (χ0v) is 35.1. The first-order chi connectivity index (χ1) is 29.6. The number of oxime groups is 1. The number of hydrogen-bond donors (Lipinski definition) is 3. The maximum absolute atomic E-state index is 14.1. The fourth-order valence-corrected chi connectivity index (χ4v) is 9.17. The number of ether oxygens (including phenoxy) is 6. The van der Waals surface area contributed by atoms with E-state index in [1.54, 1.807) is 48.5 Å². The van der Waals surface area contributed by atoms with Crippen LogP contribution in [0.3, 0.4) is 0 Å². The second-order valence-electron chi connectivity index (χ2n) is 15.3. The van der Waals surface area contributed by atoms with Crippen LogP contribution in [0.25, 0.3) is 0 Å². The van der Waals surface area contributed by atoms with Gasteiger partial charge in [-0.05, 0) is 91.1 Å². The van der Waals surface area contributed by atoms with Gasteiger partial charge in [-0.25, -0.2) is 14.0 Å². The molecular weight excluding hydrogens is 790 g/mol. The standard InChI is InChI=1S/C46H56FN3O11/c1-6-23-59-46-41(50(45(54)57-4)28-29-13-15-31(47)16-14-29)27-38(49-58-5)35-24-30(11-7-9-21-51)34(12-8-10-22-52)42(43(35)46)36-25-33(18-20-39(36)61-46)60-44(53)48-37-19-17-32(55-2)26-40(37)56-3/h6,13-20,24-26,30,34,41-43,51-52H,1,7-12,21-23,27-28H2,2-5H3,(H,48,53). The van der Waals surface area contributed by atoms with Gasteiger partial charge in [-0.3, -0.25) is 10.2 Å². The maximum Gasteiger partial charge on any atom is 0.417 e. The number of halogens is 1. The van der Waals surface area contributed by atoms with Gasteiger partial charge in [0.15, 0.2) is 0 Å². The van der Waals surface area contributed by atoms with Crippen molar-refractivity contribution < 1.29 is 57.5 Å². The Morgan fingerprint density at radius 1 is 0.967 bits per heavy atom. The molecule has 0 radical (unpaired) electrons. The minimum Gasteiger partial charge on any atom is -0.497 e. The average Bonchev–Trinajstić information content (AvgIpc) is 3.27. The van der Waals surface area contributed by atoms with Crippen molar-refractivity contribution in [2.45, 2.75) is 69.2 Å². The zero-order valence-electron chi connectivity index (χ0n) is 35.1. The molecule has 0 spiro atoms. The fourth-order valence-electron chi connectivity index (χ4n) is 9.17. The third-order valence-corrected chi connectivity index (χ3v) is 11.8. The van der Waals surface area contributed by atoms with E-state index in [9.17, 15) is 24.2 Å². The normalized spacial score (nSPS) is 23.0. The maximum atomic E-state index is 14.1. The number of unbranched alkanes of at least 4 members (excludes halogenated alkanes) is 2. The van der Waals surface area contributed by atoms with E-state index >= 15 is 0 Å². The van der Waals surface area contributed by atoms with Gasteiger partial charge in [0.2, 0.25) is 5.79 Å². The molecule has 3 N–H and O–H groups in total. The van der Waals surface area contributed by atoms with Crippen LogP contribution in [0.1, 0.15) is 62.0 Å². The minimum absolute atomic E-state index is 0.0190. The lowest BCUT2D eigenvalue weighted by atomic mass is 9.55. The second-order valence-corrected chi connectivity index (χ2v) is 15.3. The molecule has 0 aromatic heterocycles. The molecule has 1 heterocycles. The number of aliphatic hydroxyl groups is 2. The van der Waals surface area contributed by atoms with Crippen LogP contribution in [0, 0.1) is 23.6 Å². The van der Waals surface area contributed by atoms with Crippen molar-refractivity contribution >= 4 is 23.6 Å². The topological polar surface area (TPSA) is 167 Å². The van der Waals surface area contributed by atoms with Crippen LogP contribution < -0.4 is 24.3 Å². The number of carbonyl (C=O) groups excluding carboxylic acids is 2. The van der Waals surface area contributed by atoms with Crippen LogP contribution in [0.15, 0.2) is 90.1 Å². The SMILES string of the molecule is C=CCOC12Oc3ccc(OC(=O)Nc4ccc(OC)cc4OC)cc3C3C(CCCCO)C(CCCCO)C=C(C(=NOC)CC1N(Cc1ccc(F)cc1)C(=O)OC)C32. The van der Waals surface area contributed by atoms with Crippen molar-refractivity contribution in [2.75, 3.05) is 53.6 Å². The quantitative estimate of drug-likeness (QED) is 0.0608. The number of allylic oxidation sites excluding steroid dienone is 1. The summed E-state index contributed by atoms with van der Waals surface area (Å²) in [5.74, 6) is -1.43. The molecule has 6 atom stereocenters. The smallest absolute Gasteiger partial charge is 0.417 e. The molecule has 3 aliphatic rings. The molecule has 15 heteroatoms. The van der Waals surface area contributed by atoms with E-state index in [1.165, 1.54) is 45.5 Å². The molecule has 1 aliphatic heterocycles. The predicted octanol–water partition coefficient (Wildman–Crippen LogP) is 7.99. The van der Waals surface area contributed by atoms with Crippen LogP contribution in [0.4, 0.5) is 19.7 Å². The van der Waals surface area contributed by atoms with Crippen LogP contribution in [0.2, 0.25) is 0 Å². The number of anilines is 1. The first-order valence-corrected chi connectivity index (χ1v) is 20.6. The summed E-state index contributed by atoms with van der Waals surface area (Å²) in [5.41, 5.74) is 3.19. The molecule has 1 fully saturated rings. The molecule has 1 saturated carbocycles. The Morgan fingerprint density at radius 2 is 1.70 bits per heavy atom. The van der Waals surface area contributed by atoms with Crippen LogP contribution in [0.5, 0.6) is 23.0 Å². The van der Waals surface area contributed by atoms with Gasteiger partial charge in [0.1, 0.15) is 42.0 Å². The molecule has 0 saturated heterocycles. The lowest BCUT2D eigenvalue weighted by Gasteiger charge is -2.59. The van der Waals surface area contributed by atoms with Gasteiger partial charge in [0.05, 0.1) is 45.3 Å². The second kappa shape index (κ2) is 20.8. The average molecular weight is 846 g/mol. The predicted molar refractivity (Wildman–Crippen MR) is 226 cm³/mol. The zero-order chi connectivity index (χ0) is 43.5. The van der Waals surface area contributed by atoms with E-state index in [0.717, 1.165) is 24.0 Å². The largest absolute Gasteiger partial charge is 0.497 e. The molecule has 2 aliphatic carbocycles. The van der Waals surface area contributed by atoms with Crippen molar-refractivity contribution in [1.82, 2.24) is 4.90 Å². The molecule has 14 nitrogen and oxygen atoms in total. The first-order valence-electron chi connectivity index (χ1n) is 20.6. The summed E-state index contributed by atoms with van der Waals surface area (Å²) >= 11 is 0. The summed E-state index contributed by atoms with van der Waals surface area (Å²) in [6, 6.07) is 15.2. The molecule has 0 bridgehead atoms. The Labute approximate surface area is 355 Å². The molecule has 3 aromatic rings. The summed E-state index contributed by atoms with van der Waals surface area (Å²) in [5, 5.41) is 27.1. The summed E-state index contributed by atoms with van der Waals surface area (Å²) < 4.78 is 50.3. The number of carbonyl (C=O) groups is 2. The Morgan fingerprint density at radius 3 is 2.38 bits per heavy atom. The van der Waals surface area contributed by atoms with Crippen LogP contribution in [-0.2, 0) is 20.9 Å². The van der Waals surface area contributed by atoms with Crippen LogP contribution in [-0.4, -0.2) is 93.1 Å².